The van der Waals surface area contributed by atoms with Gasteiger partial charge in [0.25, 0.3) is 0 Å². The molecule has 1 unspecified atom stereocenters. The van der Waals surface area contributed by atoms with Crippen molar-refractivity contribution in [1.29, 1.82) is 5.26 Å². The smallest absolute Gasteiger partial charge is 0.242 e. The van der Waals surface area contributed by atoms with Crippen LogP contribution in [0, 0.1) is 17.1 Å². The first-order valence-electron chi connectivity index (χ1n) is 7.65. The van der Waals surface area contributed by atoms with Crippen LogP contribution in [0.25, 0.3) is 0 Å². The molecule has 2 rings (SSSR count). The third kappa shape index (κ3) is 5.41. The molecule has 0 radical (unpaired) electrons. The number of ether oxygens (including phenoxy) is 1. The maximum absolute atomic E-state index is 13.5. The van der Waals surface area contributed by atoms with E-state index in [0.29, 0.717) is 6.42 Å². The van der Waals surface area contributed by atoms with E-state index < -0.39 is 21.9 Å². The standard InChI is InChI=1S/C17H17ClFN3O3S/c18-15-3-1-2-4-17(15)26(23,24)22-8-7-13(21)11-25-14-6-5-12(10-20)16(19)9-14/h1-6,9,13,22H,7-8,11,21H2. The molecule has 2 aromatic carbocycles. The van der Waals surface area contributed by atoms with Crippen LogP contribution in [0.15, 0.2) is 47.4 Å². The highest BCUT2D eigenvalue weighted by atomic mass is 35.5. The number of benzene rings is 2. The summed E-state index contributed by atoms with van der Waals surface area (Å²) >= 11 is 5.89. The average Bonchev–Trinajstić information content (AvgIpc) is 2.60. The number of nitrogens with one attached hydrogen (secondary N) is 1. The average molecular weight is 398 g/mol. The predicted octanol–water partition coefficient (Wildman–Crippen LogP) is 2.43. The Morgan fingerprint density at radius 3 is 2.69 bits per heavy atom. The van der Waals surface area contributed by atoms with Gasteiger partial charge in [0.15, 0.2) is 0 Å². The summed E-state index contributed by atoms with van der Waals surface area (Å²) in [5.74, 6) is -0.431. The van der Waals surface area contributed by atoms with E-state index in [1.165, 1.54) is 24.3 Å². The minimum Gasteiger partial charge on any atom is -0.492 e. The van der Waals surface area contributed by atoms with E-state index >= 15 is 0 Å². The van der Waals surface area contributed by atoms with Crippen LogP contribution in [0.3, 0.4) is 0 Å². The molecule has 1 atom stereocenters. The lowest BCUT2D eigenvalue weighted by Gasteiger charge is -2.14. The first-order valence-corrected chi connectivity index (χ1v) is 9.52. The Kier molecular flexibility index (Phi) is 6.94. The number of hydrogen-bond donors (Lipinski definition) is 2. The number of halogens is 2. The SMILES string of the molecule is N#Cc1ccc(OCC(N)CCNS(=O)(=O)c2ccccc2Cl)cc1F. The Bertz CT molecular complexity index is 916. The minimum atomic E-state index is -3.73. The van der Waals surface area contributed by atoms with Gasteiger partial charge in [0.1, 0.15) is 29.1 Å². The molecule has 0 heterocycles. The summed E-state index contributed by atoms with van der Waals surface area (Å²) in [5, 5.41) is 8.81. The van der Waals surface area contributed by atoms with E-state index in [1.807, 2.05) is 0 Å². The summed E-state index contributed by atoms with van der Waals surface area (Å²) in [6.07, 6.45) is 0.308. The van der Waals surface area contributed by atoms with Crippen molar-refractivity contribution in [2.24, 2.45) is 5.73 Å². The zero-order valence-corrected chi connectivity index (χ0v) is 15.2. The quantitative estimate of drug-likeness (QED) is 0.711. The van der Waals surface area contributed by atoms with Crippen molar-refractivity contribution >= 4 is 21.6 Å². The van der Waals surface area contributed by atoms with Gasteiger partial charge in [-0.15, -0.1) is 0 Å². The molecular weight excluding hydrogens is 381 g/mol. The Hall–Kier alpha value is -2.18. The molecule has 0 spiro atoms. The monoisotopic (exact) mass is 397 g/mol. The Balaban J connectivity index is 1.82. The lowest BCUT2D eigenvalue weighted by atomic mass is 10.2. The van der Waals surface area contributed by atoms with Crippen molar-refractivity contribution in [3.63, 3.8) is 0 Å². The predicted molar refractivity (Wildman–Crippen MR) is 95.8 cm³/mol. The highest BCUT2D eigenvalue weighted by Gasteiger charge is 2.17. The molecule has 0 bridgehead atoms. The zero-order valence-electron chi connectivity index (χ0n) is 13.7. The highest BCUT2D eigenvalue weighted by molar-refractivity contribution is 7.89. The van der Waals surface area contributed by atoms with Crippen LogP contribution in [-0.4, -0.2) is 27.6 Å². The first-order chi connectivity index (χ1) is 12.3. The second-order valence-corrected chi connectivity index (χ2v) is 7.58. The second-order valence-electron chi connectivity index (χ2n) is 5.44. The van der Waals surface area contributed by atoms with Crippen molar-refractivity contribution in [1.82, 2.24) is 4.72 Å². The lowest BCUT2D eigenvalue weighted by molar-refractivity contribution is 0.281. The van der Waals surface area contributed by atoms with E-state index in [1.54, 1.807) is 18.2 Å². The fourth-order valence-corrected chi connectivity index (χ4v) is 3.65. The van der Waals surface area contributed by atoms with Crippen LogP contribution in [0.4, 0.5) is 4.39 Å². The molecule has 0 amide bonds. The Morgan fingerprint density at radius 2 is 2.04 bits per heavy atom. The van der Waals surface area contributed by atoms with E-state index in [2.05, 4.69) is 4.72 Å². The third-order valence-electron chi connectivity index (χ3n) is 3.46. The molecule has 6 nitrogen and oxygen atoms in total. The van der Waals surface area contributed by atoms with E-state index in [9.17, 15) is 12.8 Å². The van der Waals surface area contributed by atoms with E-state index in [-0.39, 0.29) is 34.4 Å². The van der Waals surface area contributed by atoms with Gasteiger partial charge in [0, 0.05) is 18.7 Å². The van der Waals surface area contributed by atoms with Gasteiger partial charge in [0.05, 0.1) is 10.6 Å². The van der Waals surface area contributed by atoms with Crippen molar-refractivity contribution in [2.75, 3.05) is 13.2 Å². The van der Waals surface area contributed by atoms with Crippen LogP contribution in [0.2, 0.25) is 5.02 Å². The molecule has 138 valence electrons. The number of hydrogen-bond acceptors (Lipinski definition) is 5. The van der Waals surface area contributed by atoms with E-state index in [0.717, 1.165) is 6.07 Å². The highest BCUT2D eigenvalue weighted by Crippen LogP contribution is 2.20. The summed E-state index contributed by atoms with van der Waals surface area (Å²) < 4.78 is 45.6. The molecule has 0 saturated heterocycles. The maximum Gasteiger partial charge on any atom is 0.242 e. The summed E-state index contributed by atoms with van der Waals surface area (Å²) in [5.41, 5.74) is 5.81. The topological polar surface area (TPSA) is 105 Å². The van der Waals surface area contributed by atoms with E-state index in [4.69, 9.17) is 27.3 Å². The summed E-state index contributed by atoms with van der Waals surface area (Å²) in [6, 6.07) is 11.3. The molecule has 26 heavy (non-hydrogen) atoms. The fourth-order valence-electron chi connectivity index (χ4n) is 2.08. The van der Waals surface area contributed by atoms with Crippen molar-refractivity contribution in [2.45, 2.75) is 17.4 Å². The van der Waals surface area contributed by atoms with Crippen molar-refractivity contribution in [3.05, 3.63) is 58.9 Å². The second kappa shape index (κ2) is 8.96. The molecule has 3 N–H and O–H groups in total. The summed E-state index contributed by atoms with van der Waals surface area (Å²) in [7, 11) is -3.73. The van der Waals surface area contributed by atoms with Crippen LogP contribution in [0.5, 0.6) is 5.75 Å². The van der Waals surface area contributed by atoms with Crippen LogP contribution in [-0.2, 0) is 10.0 Å². The van der Waals surface area contributed by atoms with Gasteiger partial charge in [-0.1, -0.05) is 23.7 Å². The van der Waals surface area contributed by atoms with Gasteiger partial charge >= 0.3 is 0 Å². The van der Waals surface area contributed by atoms with Crippen molar-refractivity contribution in [3.8, 4) is 11.8 Å². The molecule has 0 aliphatic rings. The lowest BCUT2D eigenvalue weighted by Crippen LogP contribution is -2.34. The number of rotatable bonds is 8. The first kappa shape index (κ1) is 20.1. The molecule has 2 aromatic rings. The van der Waals surface area contributed by atoms with Gasteiger partial charge in [-0.2, -0.15) is 5.26 Å². The normalized spacial score (nSPS) is 12.4. The van der Waals surface area contributed by atoms with Crippen molar-refractivity contribution < 1.29 is 17.5 Å². The molecule has 9 heteroatoms. The molecule has 0 saturated carbocycles. The van der Waals surface area contributed by atoms with Crippen LogP contribution in [0.1, 0.15) is 12.0 Å². The van der Waals surface area contributed by atoms with Crippen LogP contribution >= 0.6 is 11.6 Å². The molecule has 0 fully saturated rings. The van der Waals surface area contributed by atoms with Gasteiger partial charge in [-0.25, -0.2) is 17.5 Å². The third-order valence-corrected chi connectivity index (χ3v) is 5.42. The zero-order chi connectivity index (χ0) is 19.2. The Labute approximate surface area is 156 Å². The van der Waals surface area contributed by atoms with Gasteiger partial charge in [-0.3, -0.25) is 0 Å². The molecule has 0 aliphatic heterocycles. The summed E-state index contributed by atoms with van der Waals surface area (Å²) in [4.78, 5) is -0.000420. The minimum absolute atomic E-state index is 0.000420. The molecule has 0 aliphatic carbocycles. The number of nitrogens with zero attached hydrogens (tertiary/aromatic N) is 1. The van der Waals surface area contributed by atoms with Gasteiger partial charge < -0.3 is 10.5 Å². The number of sulfonamides is 1. The maximum atomic E-state index is 13.5. The largest absolute Gasteiger partial charge is 0.492 e. The Morgan fingerprint density at radius 1 is 1.31 bits per heavy atom. The molecule has 0 aromatic heterocycles. The molecular formula is C17H17ClFN3O3S. The van der Waals surface area contributed by atoms with Gasteiger partial charge in [0.2, 0.25) is 10.0 Å². The number of nitriles is 1. The number of nitrogens with two attached hydrogens (primary N) is 1. The fraction of sp³-hybridized carbons (Fsp3) is 0.235. The summed E-state index contributed by atoms with van der Waals surface area (Å²) in [6.45, 7) is 0.166. The van der Waals surface area contributed by atoms with Gasteiger partial charge in [-0.05, 0) is 30.7 Å². The van der Waals surface area contributed by atoms with Crippen LogP contribution < -0.4 is 15.2 Å².